The Bertz CT molecular complexity index is 1780. The number of aryl methyl sites for hydroxylation is 2. The number of methoxy groups -OCH3 is 1. The van der Waals surface area contributed by atoms with Crippen LogP contribution >= 0.6 is 0 Å². The number of para-hydroxylation sites is 1. The van der Waals surface area contributed by atoms with Crippen LogP contribution in [0, 0.1) is 11.6 Å². The van der Waals surface area contributed by atoms with Crippen LogP contribution in [0.3, 0.4) is 0 Å². The van der Waals surface area contributed by atoms with Crippen molar-refractivity contribution in [1.29, 1.82) is 0 Å². The average molecular weight is 582 g/mol. The van der Waals surface area contributed by atoms with E-state index < -0.39 is 23.4 Å². The molecule has 0 saturated heterocycles. The van der Waals surface area contributed by atoms with Gasteiger partial charge in [-0.2, -0.15) is 18.3 Å². The van der Waals surface area contributed by atoms with Crippen LogP contribution in [0.2, 0.25) is 0 Å². The number of ether oxygens (including phenoxy) is 1. The van der Waals surface area contributed by atoms with Crippen molar-refractivity contribution in [3.63, 3.8) is 0 Å². The molecule has 5 aromatic rings. The topological polar surface area (TPSA) is 59.0 Å². The van der Waals surface area contributed by atoms with Crippen molar-refractivity contribution in [3.8, 4) is 22.7 Å². The summed E-state index contributed by atoms with van der Waals surface area (Å²) in [4.78, 5) is 8.54. The second kappa shape index (κ2) is 10.5. The molecule has 0 radical (unpaired) electrons. The molecule has 1 aliphatic heterocycles. The fourth-order valence-corrected chi connectivity index (χ4v) is 5.86. The molecule has 3 aromatic heterocycles. The van der Waals surface area contributed by atoms with Gasteiger partial charge in [0.25, 0.3) is 0 Å². The summed E-state index contributed by atoms with van der Waals surface area (Å²) in [5.41, 5.74) is 5.02. The Labute approximate surface area is 238 Å². The molecule has 0 unspecified atom stereocenters. The Balaban J connectivity index is 1.59. The van der Waals surface area contributed by atoms with E-state index in [1.165, 1.54) is 13.2 Å². The van der Waals surface area contributed by atoms with E-state index in [-0.39, 0.29) is 18.1 Å². The van der Waals surface area contributed by atoms with Gasteiger partial charge in [0.2, 0.25) is 0 Å². The van der Waals surface area contributed by atoms with Crippen LogP contribution in [0.1, 0.15) is 41.8 Å². The highest BCUT2D eigenvalue weighted by molar-refractivity contribution is 5.99. The molecule has 1 N–H and O–H groups in total. The Morgan fingerprint density at radius 1 is 1.02 bits per heavy atom. The molecule has 0 aliphatic carbocycles. The minimum absolute atomic E-state index is 0.0829. The molecule has 11 heteroatoms. The van der Waals surface area contributed by atoms with Crippen molar-refractivity contribution >= 4 is 16.7 Å². The van der Waals surface area contributed by atoms with Crippen LogP contribution in [-0.2, 0) is 32.0 Å². The number of nitrogens with one attached hydrogen (secondary N) is 1. The second-order valence-corrected chi connectivity index (χ2v) is 10.2. The molecule has 218 valence electrons. The lowest BCUT2D eigenvalue weighted by Gasteiger charge is -2.28. The minimum atomic E-state index is -4.71. The average Bonchev–Trinajstić information content (AvgIpc) is 3.60. The highest BCUT2D eigenvalue weighted by Gasteiger charge is 2.34. The number of alkyl halides is 3. The fraction of sp³-hybridized carbons (Fsp3) is 0.290. The van der Waals surface area contributed by atoms with E-state index in [0.29, 0.717) is 47.4 Å². The molecule has 1 aliphatic rings. The fourth-order valence-electron chi connectivity index (χ4n) is 5.86. The van der Waals surface area contributed by atoms with Crippen molar-refractivity contribution in [1.82, 2.24) is 19.7 Å². The third-order valence-electron chi connectivity index (χ3n) is 7.87. The third kappa shape index (κ3) is 4.47. The van der Waals surface area contributed by atoms with E-state index in [9.17, 15) is 13.2 Å². The largest absolute Gasteiger partial charge is 0.492 e. The van der Waals surface area contributed by atoms with Gasteiger partial charge in [0.1, 0.15) is 0 Å². The summed E-state index contributed by atoms with van der Waals surface area (Å²) in [7, 11) is 1.40. The summed E-state index contributed by atoms with van der Waals surface area (Å²) in [5.74, 6) is -1.72. The Kier molecular flexibility index (Phi) is 6.90. The Hall–Kier alpha value is -4.41. The highest BCUT2D eigenvalue weighted by Crippen LogP contribution is 2.42. The molecule has 6 rings (SSSR count). The Morgan fingerprint density at radius 2 is 1.76 bits per heavy atom. The normalized spacial score (nSPS) is 13.6. The summed E-state index contributed by atoms with van der Waals surface area (Å²) in [6, 6.07) is 9.79. The predicted molar refractivity (Wildman–Crippen MR) is 150 cm³/mol. The maximum Gasteiger partial charge on any atom is 0.417 e. The smallest absolute Gasteiger partial charge is 0.417 e. The van der Waals surface area contributed by atoms with E-state index in [2.05, 4.69) is 23.8 Å². The van der Waals surface area contributed by atoms with E-state index in [1.807, 2.05) is 28.9 Å². The second-order valence-electron chi connectivity index (χ2n) is 10.2. The van der Waals surface area contributed by atoms with Crippen molar-refractivity contribution in [2.45, 2.75) is 45.8 Å². The van der Waals surface area contributed by atoms with Crippen molar-refractivity contribution in [2.75, 3.05) is 18.6 Å². The van der Waals surface area contributed by atoms with Gasteiger partial charge in [-0.05, 0) is 42.2 Å². The number of anilines is 1. The van der Waals surface area contributed by atoms with Gasteiger partial charge in [0.05, 0.1) is 35.3 Å². The first-order valence-electron chi connectivity index (χ1n) is 13.7. The molecule has 0 saturated carbocycles. The van der Waals surface area contributed by atoms with Crippen LogP contribution in [0.4, 0.5) is 27.8 Å². The number of nitrogens with zero attached hydrogens (tertiary/aromatic N) is 4. The van der Waals surface area contributed by atoms with Crippen molar-refractivity contribution in [2.24, 2.45) is 0 Å². The van der Waals surface area contributed by atoms with Gasteiger partial charge >= 0.3 is 6.18 Å². The van der Waals surface area contributed by atoms with Crippen LogP contribution in [0.5, 0.6) is 5.75 Å². The molecule has 6 nitrogen and oxygen atoms in total. The van der Waals surface area contributed by atoms with Crippen molar-refractivity contribution < 1.29 is 26.7 Å². The zero-order valence-corrected chi connectivity index (χ0v) is 23.2. The van der Waals surface area contributed by atoms with Gasteiger partial charge in [-0.3, -0.25) is 0 Å². The van der Waals surface area contributed by atoms with Gasteiger partial charge in [0, 0.05) is 48.4 Å². The summed E-state index contributed by atoms with van der Waals surface area (Å²) in [6.07, 6.45) is -0.505. The minimum Gasteiger partial charge on any atom is -0.492 e. The number of rotatable bonds is 6. The number of hydrogen-bond donors (Lipinski definition) is 1. The van der Waals surface area contributed by atoms with Gasteiger partial charge in [0.15, 0.2) is 23.2 Å². The van der Waals surface area contributed by atoms with Gasteiger partial charge < -0.3 is 14.6 Å². The standard InChI is InChI=1S/C31H28F5N5O/c1-4-17-7-6-8-18(5-2)27(17)41-28(21-14-23(32)29(42-3)26-20(21)9-11-37-26)22-16-40(12-10-25(22)39-41)30-24(33)13-19(15-38-30)31(34,35)36/h6-9,11,13-15,37H,4-5,10,12,16H2,1-3H3. The van der Waals surface area contributed by atoms with E-state index in [1.54, 1.807) is 11.1 Å². The zero-order chi connectivity index (χ0) is 29.8. The lowest BCUT2D eigenvalue weighted by Crippen LogP contribution is -2.32. The maximum absolute atomic E-state index is 15.5. The number of halogens is 5. The molecule has 0 atom stereocenters. The lowest BCUT2D eigenvalue weighted by atomic mass is 9.97. The quantitative estimate of drug-likeness (QED) is 0.212. The summed E-state index contributed by atoms with van der Waals surface area (Å²) >= 11 is 0. The molecule has 4 heterocycles. The first-order valence-corrected chi connectivity index (χ1v) is 13.7. The third-order valence-corrected chi connectivity index (χ3v) is 7.87. The summed E-state index contributed by atoms with van der Waals surface area (Å²) in [6.45, 7) is 4.53. The number of pyridine rings is 1. The van der Waals surface area contributed by atoms with E-state index in [4.69, 9.17) is 9.84 Å². The molecule has 0 fully saturated rings. The zero-order valence-electron chi connectivity index (χ0n) is 23.2. The number of fused-ring (bicyclic) bond motifs is 2. The molecule has 0 bridgehead atoms. The molecular weight excluding hydrogens is 553 g/mol. The van der Waals surface area contributed by atoms with Gasteiger partial charge in [-0.1, -0.05) is 32.0 Å². The Morgan fingerprint density at radius 3 is 2.40 bits per heavy atom. The summed E-state index contributed by atoms with van der Waals surface area (Å²) in [5, 5.41) is 5.75. The predicted octanol–water partition coefficient (Wildman–Crippen LogP) is 7.41. The molecule has 0 spiro atoms. The lowest BCUT2D eigenvalue weighted by molar-refractivity contribution is -0.138. The number of hydrogen-bond acceptors (Lipinski definition) is 4. The van der Waals surface area contributed by atoms with Crippen LogP contribution in [0.25, 0.3) is 27.8 Å². The van der Waals surface area contributed by atoms with E-state index >= 15 is 8.78 Å². The number of benzene rings is 2. The molecule has 0 amide bonds. The molecule has 2 aromatic carbocycles. The highest BCUT2D eigenvalue weighted by atomic mass is 19.4. The van der Waals surface area contributed by atoms with Crippen molar-refractivity contribution in [3.05, 3.63) is 88.4 Å². The van der Waals surface area contributed by atoms with Gasteiger partial charge in [-0.25, -0.2) is 18.4 Å². The molecular formula is C31H28F5N5O. The monoisotopic (exact) mass is 581 g/mol. The maximum atomic E-state index is 15.5. The number of aromatic amines is 1. The van der Waals surface area contributed by atoms with Crippen LogP contribution in [0.15, 0.2) is 48.8 Å². The summed E-state index contributed by atoms with van der Waals surface area (Å²) < 4.78 is 77.3. The first kappa shape index (κ1) is 27.7. The number of H-pyrrole nitrogens is 1. The van der Waals surface area contributed by atoms with E-state index in [0.717, 1.165) is 40.9 Å². The van der Waals surface area contributed by atoms with Crippen LogP contribution in [-0.4, -0.2) is 33.4 Å². The molecule has 42 heavy (non-hydrogen) atoms. The SMILES string of the molecule is CCc1cccc(CC)c1-n1nc2c(c1-c1cc(F)c(OC)c3[nH]ccc13)CN(c1ncc(C(F)(F)F)cc1F)CC2. The van der Waals surface area contributed by atoms with Crippen LogP contribution < -0.4 is 9.64 Å². The first-order chi connectivity index (χ1) is 20.2. The number of aromatic nitrogens is 4. The van der Waals surface area contributed by atoms with Gasteiger partial charge in [-0.15, -0.1) is 0 Å².